The van der Waals surface area contributed by atoms with Crippen molar-refractivity contribution in [3.63, 3.8) is 0 Å². The molecule has 0 saturated heterocycles. The Kier molecular flexibility index (Phi) is 4.58. The van der Waals surface area contributed by atoms with E-state index < -0.39 is 42.9 Å². The number of fused-ring (bicyclic) bond motifs is 3. The van der Waals surface area contributed by atoms with Crippen molar-refractivity contribution in [3.05, 3.63) is 80.4 Å². The van der Waals surface area contributed by atoms with Gasteiger partial charge in [-0.15, -0.1) is 0 Å². The molecule has 156 valence electrons. The molecular formula is C18H11N5O7S. The van der Waals surface area contributed by atoms with E-state index in [2.05, 4.69) is 10.4 Å². The number of nitrogens with one attached hydrogen (secondary N) is 2. The largest absolute Gasteiger partial charge is 0.319 e. The summed E-state index contributed by atoms with van der Waals surface area (Å²) in [7, 11) is -4.12. The Hall–Kier alpha value is -4.39. The fourth-order valence-electron chi connectivity index (χ4n) is 3.22. The molecule has 0 saturated carbocycles. The maximum atomic E-state index is 12.5. The van der Waals surface area contributed by atoms with Crippen molar-refractivity contribution >= 4 is 49.5 Å². The van der Waals surface area contributed by atoms with Crippen LogP contribution in [0.15, 0.2) is 64.6 Å². The molecule has 4 rings (SSSR count). The molecule has 3 aromatic rings. The molecular weight excluding hydrogens is 430 g/mol. The van der Waals surface area contributed by atoms with Crippen molar-refractivity contribution < 1.29 is 23.1 Å². The molecule has 0 atom stereocenters. The van der Waals surface area contributed by atoms with Gasteiger partial charge in [0.1, 0.15) is 0 Å². The normalized spacial score (nSPS) is 14.3. The average molecular weight is 441 g/mol. The zero-order chi connectivity index (χ0) is 22.3. The Balaban J connectivity index is 1.91. The second kappa shape index (κ2) is 7.14. The first-order chi connectivity index (χ1) is 14.7. The molecule has 0 spiro atoms. The van der Waals surface area contributed by atoms with Crippen LogP contribution in [0.1, 0.15) is 5.56 Å². The molecule has 0 unspecified atom stereocenters. The van der Waals surface area contributed by atoms with E-state index in [1.807, 2.05) is 4.83 Å². The summed E-state index contributed by atoms with van der Waals surface area (Å²) in [4.78, 5) is 35.8. The van der Waals surface area contributed by atoms with Crippen molar-refractivity contribution in [3.8, 4) is 0 Å². The summed E-state index contributed by atoms with van der Waals surface area (Å²) < 4.78 is 24.8. The first kappa shape index (κ1) is 19.9. The van der Waals surface area contributed by atoms with Gasteiger partial charge in [-0.05, 0) is 18.2 Å². The average Bonchev–Trinajstić information content (AvgIpc) is 3.06. The lowest BCUT2D eigenvalue weighted by Crippen LogP contribution is -2.23. The summed E-state index contributed by atoms with van der Waals surface area (Å²) in [6.45, 7) is 0. The van der Waals surface area contributed by atoms with Crippen molar-refractivity contribution in [2.75, 3.05) is 5.32 Å². The number of rotatable bonds is 5. The molecule has 0 aliphatic carbocycles. The first-order valence-electron chi connectivity index (χ1n) is 8.55. The van der Waals surface area contributed by atoms with Crippen LogP contribution in [0.2, 0.25) is 0 Å². The Morgan fingerprint density at radius 2 is 1.61 bits per heavy atom. The molecule has 1 amide bonds. The number of amides is 1. The van der Waals surface area contributed by atoms with E-state index in [0.29, 0.717) is 0 Å². The van der Waals surface area contributed by atoms with Crippen LogP contribution < -0.4 is 10.1 Å². The predicted molar refractivity (Wildman–Crippen MR) is 109 cm³/mol. The minimum atomic E-state index is -4.12. The summed E-state index contributed by atoms with van der Waals surface area (Å²) in [6.07, 6.45) is 0. The van der Waals surface area contributed by atoms with E-state index >= 15 is 0 Å². The number of benzene rings is 3. The summed E-state index contributed by atoms with van der Waals surface area (Å²) in [5.74, 6) is -0.870. The number of nitro groups is 2. The zero-order valence-electron chi connectivity index (χ0n) is 15.3. The Morgan fingerprint density at radius 1 is 0.935 bits per heavy atom. The van der Waals surface area contributed by atoms with Gasteiger partial charge in [0.2, 0.25) is 0 Å². The number of hydrazone groups is 1. The van der Waals surface area contributed by atoms with Crippen LogP contribution in [0.25, 0.3) is 10.8 Å². The Labute approximate surface area is 173 Å². The third-order valence-corrected chi connectivity index (χ3v) is 5.78. The van der Waals surface area contributed by atoms with Gasteiger partial charge in [0, 0.05) is 17.7 Å². The number of anilines is 1. The predicted octanol–water partition coefficient (Wildman–Crippen LogP) is 2.29. The molecule has 0 bridgehead atoms. The number of carbonyl (C=O) groups is 1. The maximum Gasteiger partial charge on any atom is 0.279 e. The zero-order valence-corrected chi connectivity index (χ0v) is 16.1. The molecule has 0 aromatic heterocycles. The van der Waals surface area contributed by atoms with Gasteiger partial charge in [0.15, 0.2) is 5.71 Å². The van der Waals surface area contributed by atoms with E-state index in [0.717, 1.165) is 12.1 Å². The highest BCUT2D eigenvalue weighted by Gasteiger charge is 2.35. The van der Waals surface area contributed by atoms with Crippen molar-refractivity contribution in [1.82, 2.24) is 4.83 Å². The first-order valence-corrected chi connectivity index (χ1v) is 10.0. The lowest BCUT2D eigenvalue weighted by molar-refractivity contribution is -0.384. The van der Waals surface area contributed by atoms with Crippen LogP contribution in [0.4, 0.5) is 17.1 Å². The lowest BCUT2D eigenvalue weighted by atomic mass is 10.00. The highest BCUT2D eigenvalue weighted by Crippen LogP contribution is 2.42. The topological polar surface area (TPSA) is 174 Å². The molecule has 1 aliphatic heterocycles. The van der Waals surface area contributed by atoms with Crippen LogP contribution in [-0.4, -0.2) is 29.9 Å². The number of sulfonamides is 1. The second-order valence-corrected chi connectivity index (χ2v) is 8.02. The summed E-state index contributed by atoms with van der Waals surface area (Å²) in [6, 6.07) is 12.0. The minimum absolute atomic E-state index is 0.0515. The molecule has 0 fully saturated rings. The van der Waals surface area contributed by atoms with E-state index in [4.69, 9.17) is 0 Å². The van der Waals surface area contributed by atoms with Crippen LogP contribution >= 0.6 is 0 Å². The third-order valence-electron chi connectivity index (χ3n) is 4.55. The smallest absolute Gasteiger partial charge is 0.279 e. The molecule has 1 heterocycles. The quantitative estimate of drug-likeness (QED) is 0.451. The van der Waals surface area contributed by atoms with Gasteiger partial charge in [-0.3, -0.25) is 25.0 Å². The minimum Gasteiger partial charge on any atom is -0.319 e. The summed E-state index contributed by atoms with van der Waals surface area (Å²) >= 11 is 0. The van der Waals surface area contributed by atoms with E-state index in [9.17, 15) is 33.4 Å². The molecule has 0 radical (unpaired) electrons. The summed E-state index contributed by atoms with van der Waals surface area (Å²) in [5.41, 5.74) is -1.60. The highest BCUT2D eigenvalue weighted by molar-refractivity contribution is 7.89. The van der Waals surface area contributed by atoms with E-state index in [1.54, 1.807) is 6.07 Å². The molecule has 3 aromatic carbocycles. The lowest BCUT2D eigenvalue weighted by Gasteiger charge is -2.07. The number of hydrogen-bond acceptors (Lipinski definition) is 8. The monoisotopic (exact) mass is 441 g/mol. The number of non-ortho nitro benzene ring substituents is 2. The maximum absolute atomic E-state index is 12.5. The number of hydrogen-bond donors (Lipinski definition) is 2. The number of carbonyl (C=O) groups excluding carboxylic acids is 1. The van der Waals surface area contributed by atoms with Crippen molar-refractivity contribution in [2.45, 2.75) is 4.90 Å². The molecule has 1 aliphatic rings. The van der Waals surface area contributed by atoms with Crippen molar-refractivity contribution in [1.29, 1.82) is 0 Å². The van der Waals surface area contributed by atoms with Gasteiger partial charge < -0.3 is 5.32 Å². The molecule has 31 heavy (non-hydrogen) atoms. The van der Waals surface area contributed by atoms with Gasteiger partial charge >= 0.3 is 0 Å². The van der Waals surface area contributed by atoms with Gasteiger partial charge in [0.25, 0.3) is 27.3 Å². The third kappa shape index (κ3) is 3.32. The highest BCUT2D eigenvalue weighted by atomic mass is 32.2. The fraction of sp³-hybridized carbons (Fsp3) is 0. The second-order valence-electron chi connectivity index (χ2n) is 6.35. The van der Waals surface area contributed by atoms with Gasteiger partial charge in [0.05, 0.1) is 31.2 Å². The molecule has 13 heteroatoms. The Morgan fingerprint density at radius 3 is 2.26 bits per heavy atom. The standard InChI is InChI=1S/C18H11N5O7S/c24-18-17(20-21-31(29,30)10-5-2-1-3-6-10)12-9-14(23(27)28)11-7-4-8-13(22(25)26)15(11)16(12)19-18/h1-9,21H,(H,19,20,24). The van der Waals surface area contributed by atoms with E-state index in [-0.39, 0.29) is 26.9 Å². The van der Waals surface area contributed by atoms with Gasteiger partial charge in [-0.2, -0.15) is 18.4 Å². The number of nitrogens with zero attached hydrogens (tertiary/aromatic N) is 3. The SMILES string of the molecule is O=C1Nc2c(cc([N+](=O)[O-])c3cccc([N+](=O)[O-])c23)C1=NNS(=O)(=O)c1ccccc1. The summed E-state index contributed by atoms with van der Waals surface area (Å²) in [5, 5.41) is 28.9. The van der Waals surface area contributed by atoms with Crippen LogP contribution in [0.3, 0.4) is 0 Å². The molecule has 12 nitrogen and oxygen atoms in total. The Bertz CT molecular complexity index is 1420. The van der Waals surface area contributed by atoms with Gasteiger partial charge in [-0.25, -0.2) is 0 Å². The number of nitro benzene ring substituents is 2. The fourth-order valence-corrected chi connectivity index (χ4v) is 4.05. The molecule has 2 N–H and O–H groups in total. The van der Waals surface area contributed by atoms with Crippen LogP contribution in [0, 0.1) is 20.2 Å². The van der Waals surface area contributed by atoms with Crippen molar-refractivity contribution in [2.24, 2.45) is 5.10 Å². The van der Waals surface area contributed by atoms with Gasteiger partial charge in [-0.1, -0.05) is 24.3 Å². The van der Waals surface area contributed by atoms with Crippen LogP contribution in [-0.2, 0) is 14.8 Å². The van der Waals surface area contributed by atoms with Crippen LogP contribution in [0.5, 0.6) is 0 Å². The van der Waals surface area contributed by atoms with E-state index in [1.165, 1.54) is 36.4 Å².